The van der Waals surface area contributed by atoms with Crippen molar-refractivity contribution in [3.63, 3.8) is 0 Å². The van der Waals surface area contributed by atoms with Crippen molar-refractivity contribution in [1.82, 2.24) is 54.7 Å². The van der Waals surface area contributed by atoms with Crippen LogP contribution in [0, 0.1) is 13.8 Å². The molecule has 2 fully saturated rings. The third-order valence-electron chi connectivity index (χ3n) is 15.0. The molecule has 6 atom stereocenters. The number of para-hydroxylation sites is 3. The summed E-state index contributed by atoms with van der Waals surface area (Å²) in [5.41, 5.74) is 10.3. The highest BCUT2D eigenvalue weighted by atomic mass is 16.2. The summed E-state index contributed by atoms with van der Waals surface area (Å²) < 4.78 is 7.07. The van der Waals surface area contributed by atoms with Gasteiger partial charge in [0.2, 0.25) is 0 Å². The van der Waals surface area contributed by atoms with Crippen LogP contribution in [-0.2, 0) is 14.1 Å². The monoisotopic (exact) mass is 1060 g/mol. The Morgan fingerprint density at radius 2 is 0.900 bits per heavy atom. The number of nitrogens with zero attached hydrogens (tertiary/aromatic N) is 9. The quantitative estimate of drug-likeness (QED) is 0.0615. The Morgan fingerprint density at radius 3 is 1.31 bits per heavy atom. The van der Waals surface area contributed by atoms with Crippen LogP contribution >= 0.6 is 0 Å². The van der Waals surface area contributed by atoms with E-state index in [1.165, 1.54) is 11.1 Å². The predicted molar refractivity (Wildman–Crippen MR) is 315 cm³/mol. The highest BCUT2D eigenvalue weighted by Gasteiger charge is 2.38. The fourth-order valence-electron chi connectivity index (χ4n) is 11.3. The zero-order valence-electron chi connectivity index (χ0n) is 45.2. The van der Waals surface area contributed by atoms with E-state index in [0.29, 0.717) is 11.6 Å². The fourth-order valence-corrected chi connectivity index (χ4v) is 11.3. The van der Waals surface area contributed by atoms with Gasteiger partial charge in [-0.2, -0.15) is 20.4 Å². The summed E-state index contributed by atoms with van der Waals surface area (Å²) in [6.45, 7) is 3.95. The van der Waals surface area contributed by atoms with Crippen molar-refractivity contribution in [3.05, 3.63) is 223 Å². The van der Waals surface area contributed by atoms with Gasteiger partial charge in [-0.15, -0.1) is 0 Å². The van der Waals surface area contributed by atoms with Crippen molar-refractivity contribution in [2.45, 2.75) is 75.5 Å². The summed E-state index contributed by atoms with van der Waals surface area (Å²) in [5, 5.41) is 38.4. The van der Waals surface area contributed by atoms with Crippen LogP contribution in [-0.4, -0.2) is 80.3 Å². The zero-order valence-corrected chi connectivity index (χ0v) is 45.2. The van der Waals surface area contributed by atoms with Crippen LogP contribution in [0.25, 0.3) is 33.9 Å². The topological polar surface area (TPSA) is 190 Å². The largest absolute Gasteiger partial charge is 0.382 e. The molecule has 10 aromatic rings. The van der Waals surface area contributed by atoms with E-state index in [2.05, 4.69) is 95.6 Å². The highest BCUT2D eigenvalue weighted by Crippen LogP contribution is 2.39. The van der Waals surface area contributed by atoms with Gasteiger partial charge in [-0.3, -0.25) is 20.0 Å². The summed E-state index contributed by atoms with van der Waals surface area (Å²) in [6.07, 6.45) is 12.6. The molecular formula is C63H65N15O2. The van der Waals surface area contributed by atoms with E-state index in [1.807, 2.05) is 162 Å². The Kier molecular flexibility index (Phi) is 15.6. The molecule has 12 rings (SSSR count). The van der Waals surface area contributed by atoms with Crippen molar-refractivity contribution in [3.8, 4) is 33.9 Å². The number of nitrogens with one attached hydrogen (secondary N) is 6. The number of benzene rings is 5. The van der Waals surface area contributed by atoms with Crippen LogP contribution in [0.4, 0.5) is 32.7 Å². The van der Waals surface area contributed by atoms with Gasteiger partial charge in [-0.05, 0) is 99.2 Å². The molecule has 2 aliphatic rings. The van der Waals surface area contributed by atoms with E-state index in [-0.39, 0.29) is 48.1 Å². The smallest absolute Gasteiger partial charge is 0.320 e. The van der Waals surface area contributed by atoms with E-state index in [4.69, 9.17) is 10.2 Å². The lowest BCUT2D eigenvalue weighted by Gasteiger charge is -2.21. The van der Waals surface area contributed by atoms with Crippen LogP contribution in [0.2, 0.25) is 0 Å². The second-order valence-electron chi connectivity index (χ2n) is 20.6. The number of amides is 4. The maximum atomic E-state index is 13.6. The molecule has 0 spiro atoms. The first kappa shape index (κ1) is 52.3. The molecule has 2 saturated carbocycles. The average Bonchev–Trinajstić information content (AvgIpc) is 4.38. The molecule has 5 aromatic carbocycles. The number of urea groups is 2. The molecule has 404 valence electrons. The molecule has 17 nitrogen and oxygen atoms in total. The Labute approximate surface area is 465 Å². The summed E-state index contributed by atoms with van der Waals surface area (Å²) in [4.78, 5) is 31.6. The van der Waals surface area contributed by atoms with Crippen LogP contribution in [0.3, 0.4) is 0 Å². The lowest BCUT2D eigenvalue weighted by Crippen LogP contribution is -2.40. The molecule has 6 N–H and O–H groups in total. The van der Waals surface area contributed by atoms with Gasteiger partial charge in [0.15, 0.2) is 0 Å². The van der Waals surface area contributed by atoms with Crippen LogP contribution in [0.1, 0.15) is 59.8 Å². The maximum Gasteiger partial charge on any atom is 0.320 e. The van der Waals surface area contributed by atoms with Crippen molar-refractivity contribution in [1.29, 1.82) is 0 Å². The minimum absolute atomic E-state index is 0.0326. The number of hydrogen-bond donors (Lipinski definition) is 6. The number of aryl methyl sites for hydroxylation is 2. The molecule has 0 saturated heterocycles. The first-order chi connectivity index (χ1) is 39.1. The Hall–Kier alpha value is -9.77. The van der Waals surface area contributed by atoms with Crippen LogP contribution in [0.15, 0.2) is 201 Å². The molecule has 80 heavy (non-hydrogen) atoms. The van der Waals surface area contributed by atoms with Gasteiger partial charge in [0.05, 0.1) is 23.8 Å². The van der Waals surface area contributed by atoms with Gasteiger partial charge < -0.3 is 21.3 Å². The summed E-state index contributed by atoms with van der Waals surface area (Å²) in [6, 6.07) is 56.4. The number of aromatic nitrogens is 9. The lowest BCUT2D eigenvalue weighted by molar-refractivity contribution is 0.246. The van der Waals surface area contributed by atoms with Crippen LogP contribution in [0.5, 0.6) is 0 Å². The number of anilines is 4. The number of rotatable bonds is 14. The zero-order chi connectivity index (χ0) is 55.0. The van der Waals surface area contributed by atoms with E-state index in [9.17, 15) is 9.59 Å². The molecular weight excluding hydrogens is 999 g/mol. The summed E-state index contributed by atoms with van der Waals surface area (Å²) >= 11 is 0. The number of hydrogen-bond acceptors (Lipinski definition) is 9. The summed E-state index contributed by atoms with van der Waals surface area (Å²) in [7, 11) is 3.75. The molecule has 5 heterocycles. The standard InChI is InChI=1S/C32H33N7O.C31H32N8O/c1-22-30(24-20-33-38(2)21-24)37-39(27-16-10-5-11-17-27)31(22)36-32(40)35-29-19-26(34-25-14-8-4-9-15-25)18-28(29)23-12-6-3-7-13-23;1-21-29(23-19-33-38(2)20-23)37-39(25-13-7-4-8-14-25)30(21)36-31(40)35-27-18-24(34-28-15-9-10-16-32-28)17-26(27)22-11-5-3-6-12-22/h3-17,20-21,26,28-29,34H,18-19H2,1-2H3,(H2,35,36,40);3-16,19-20,24,26-27H,17-18H2,1-2H3,(H,32,34)(H2,35,36,40)/t26-,28-,29+;24-,26-,27+/m00/s1. The maximum absolute atomic E-state index is 13.6. The van der Waals surface area contributed by atoms with Crippen molar-refractivity contribution >= 4 is 35.2 Å². The second-order valence-corrected chi connectivity index (χ2v) is 20.6. The van der Waals surface area contributed by atoms with Gasteiger partial charge in [0.1, 0.15) is 28.8 Å². The number of carbonyl (C=O) groups excluding carboxylic acids is 2. The SMILES string of the molecule is Cc1c(-c2cnn(C)c2)nn(-c2ccccc2)c1NC(=O)N[C@@H]1C[C@@H](Nc2ccccc2)C[C@H]1c1ccccc1.Cc1c(-c2cnn(C)c2)nn(-c2ccccc2)c1NC(=O)N[C@@H]1C[C@@H](Nc2ccccn2)C[C@H]1c1ccccc1. The molecule has 17 heteroatoms. The first-order valence-corrected chi connectivity index (χ1v) is 27.1. The van der Waals surface area contributed by atoms with Crippen LogP contribution < -0.4 is 31.9 Å². The average molecular weight is 1060 g/mol. The molecule has 4 amide bonds. The van der Waals surface area contributed by atoms with Crippen molar-refractivity contribution < 1.29 is 9.59 Å². The molecule has 0 radical (unpaired) electrons. The van der Waals surface area contributed by atoms with Gasteiger partial charge in [0.25, 0.3) is 0 Å². The number of carbonyl (C=O) groups is 2. The van der Waals surface area contributed by atoms with Gasteiger partial charge in [-0.1, -0.05) is 121 Å². The predicted octanol–water partition coefficient (Wildman–Crippen LogP) is 11.7. The second kappa shape index (κ2) is 23.9. The third-order valence-corrected chi connectivity index (χ3v) is 15.0. The highest BCUT2D eigenvalue weighted by molar-refractivity contribution is 5.92. The first-order valence-electron chi connectivity index (χ1n) is 27.1. The van der Waals surface area contributed by atoms with Crippen molar-refractivity contribution in [2.75, 3.05) is 21.3 Å². The lowest BCUT2D eigenvalue weighted by atomic mass is 9.94. The molecule has 5 aromatic heterocycles. The van der Waals surface area contributed by atoms with Gasteiger partial charge in [-0.25, -0.2) is 23.9 Å². The van der Waals surface area contributed by atoms with Gasteiger partial charge in [0, 0.05) is 96.6 Å². The van der Waals surface area contributed by atoms with Crippen molar-refractivity contribution in [2.24, 2.45) is 14.1 Å². The fraction of sp³-hybridized carbons (Fsp3) is 0.222. The summed E-state index contributed by atoms with van der Waals surface area (Å²) in [5.74, 6) is 2.46. The Morgan fingerprint density at radius 1 is 0.487 bits per heavy atom. The van der Waals surface area contributed by atoms with E-state index >= 15 is 0 Å². The van der Waals surface area contributed by atoms with Gasteiger partial charge >= 0.3 is 12.1 Å². The molecule has 2 aliphatic carbocycles. The Balaban J connectivity index is 0.000000169. The minimum Gasteiger partial charge on any atom is -0.382 e. The molecule has 0 aliphatic heterocycles. The molecule has 0 unspecified atom stereocenters. The number of pyridine rings is 1. The minimum atomic E-state index is -0.262. The van der Waals surface area contributed by atoms with E-state index in [0.717, 1.165) is 82.2 Å². The normalized spacial score (nSPS) is 18.4. The van der Waals surface area contributed by atoms with E-state index in [1.54, 1.807) is 37.3 Å². The molecule has 0 bridgehead atoms. The Bertz CT molecular complexity index is 3400. The van der Waals surface area contributed by atoms with E-state index < -0.39 is 0 Å². The third kappa shape index (κ3) is 12.0.